The standard InChI is InChI=1S/C23H21ClN4O3S/c1-16-4-9-20-19(15-16)23(26-22(25-20)21-3-2-14-31-21)27-10-12-28(13-11-27)32(29,30)18-7-5-17(24)6-8-18/h2-9,14-15H,10-13H2,1H3. The number of furan rings is 1. The normalized spacial score (nSPS) is 15.4. The molecule has 1 aliphatic rings. The van der Waals surface area contributed by atoms with E-state index in [1.807, 2.05) is 25.1 Å². The lowest BCUT2D eigenvalue weighted by Crippen LogP contribution is -2.49. The number of sulfonamides is 1. The molecule has 3 heterocycles. The first kappa shape index (κ1) is 20.9. The molecule has 2 aromatic carbocycles. The van der Waals surface area contributed by atoms with Gasteiger partial charge in [0.2, 0.25) is 10.0 Å². The van der Waals surface area contributed by atoms with E-state index in [1.54, 1.807) is 36.6 Å². The summed E-state index contributed by atoms with van der Waals surface area (Å²) in [4.78, 5) is 11.8. The van der Waals surface area contributed by atoms with Gasteiger partial charge in [0.15, 0.2) is 11.6 Å². The topological polar surface area (TPSA) is 79.5 Å². The summed E-state index contributed by atoms with van der Waals surface area (Å²) in [6.07, 6.45) is 1.60. The molecular formula is C23H21ClN4O3S. The van der Waals surface area contributed by atoms with Gasteiger partial charge in [-0.2, -0.15) is 4.31 Å². The summed E-state index contributed by atoms with van der Waals surface area (Å²) >= 11 is 5.91. The van der Waals surface area contributed by atoms with E-state index >= 15 is 0 Å². The van der Waals surface area contributed by atoms with Crippen molar-refractivity contribution in [1.29, 1.82) is 0 Å². The summed E-state index contributed by atoms with van der Waals surface area (Å²) < 4.78 is 33.1. The zero-order chi connectivity index (χ0) is 22.3. The predicted molar refractivity (Wildman–Crippen MR) is 124 cm³/mol. The lowest BCUT2D eigenvalue weighted by atomic mass is 10.1. The van der Waals surface area contributed by atoms with Crippen LogP contribution in [0, 0.1) is 6.92 Å². The molecule has 2 aromatic heterocycles. The first-order chi connectivity index (χ1) is 15.4. The molecule has 164 valence electrons. The van der Waals surface area contributed by atoms with Crippen LogP contribution in [0.15, 0.2) is 70.2 Å². The number of aryl methyl sites for hydroxylation is 1. The van der Waals surface area contributed by atoms with Crippen LogP contribution < -0.4 is 4.90 Å². The van der Waals surface area contributed by atoms with Gasteiger partial charge in [0.05, 0.1) is 16.7 Å². The molecule has 0 amide bonds. The quantitative estimate of drug-likeness (QED) is 0.442. The number of hydrogen-bond donors (Lipinski definition) is 0. The zero-order valence-corrected chi connectivity index (χ0v) is 19.0. The molecule has 0 saturated carbocycles. The van der Waals surface area contributed by atoms with Crippen molar-refractivity contribution in [3.63, 3.8) is 0 Å². The monoisotopic (exact) mass is 468 g/mol. The van der Waals surface area contributed by atoms with Crippen molar-refractivity contribution in [3.8, 4) is 11.6 Å². The fourth-order valence-corrected chi connectivity index (χ4v) is 5.43. The van der Waals surface area contributed by atoms with Gasteiger partial charge in [0.1, 0.15) is 5.82 Å². The maximum Gasteiger partial charge on any atom is 0.243 e. The number of piperazine rings is 1. The van der Waals surface area contributed by atoms with Crippen LogP contribution in [-0.2, 0) is 10.0 Å². The van der Waals surface area contributed by atoms with E-state index < -0.39 is 10.0 Å². The number of nitrogens with zero attached hydrogens (tertiary/aromatic N) is 4. The molecule has 4 aromatic rings. The minimum Gasteiger partial charge on any atom is -0.461 e. The van der Waals surface area contributed by atoms with Crippen LogP contribution in [0.25, 0.3) is 22.5 Å². The van der Waals surface area contributed by atoms with Crippen LogP contribution in [0.4, 0.5) is 5.82 Å². The smallest absolute Gasteiger partial charge is 0.243 e. The SMILES string of the molecule is Cc1ccc2nc(-c3ccco3)nc(N3CCN(S(=O)(=O)c4ccc(Cl)cc4)CC3)c2c1. The number of halogens is 1. The second-order valence-corrected chi connectivity index (χ2v) is 10.1. The Morgan fingerprint density at radius 1 is 0.969 bits per heavy atom. The minimum absolute atomic E-state index is 0.249. The maximum atomic E-state index is 13.0. The molecule has 0 bridgehead atoms. The highest BCUT2D eigenvalue weighted by molar-refractivity contribution is 7.89. The molecule has 0 atom stereocenters. The van der Waals surface area contributed by atoms with E-state index in [0.717, 1.165) is 22.3 Å². The Kier molecular flexibility index (Phi) is 5.36. The van der Waals surface area contributed by atoms with Crippen LogP contribution in [0.3, 0.4) is 0 Å². The van der Waals surface area contributed by atoms with Crippen LogP contribution in [0.1, 0.15) is 5.56 Å². The number of anilines is 1. The van der Waals surface area contributed by atoms with E-state index in [1.165, 1.54) is 4.31 Å². The molecule has 9 heteroatoms. The Bertz CT molecular complexity index is 1360. The van der Waals surface area contributed by atoms with Gasteiger partial charge in [0, 0.05) is 36.6 Å². The first-order valence-corrected chi connectivity index (χ1v) is 12.1. The van der Waals surface area contributed by atoms with Crippen LogP contribution in [0.5, 0.6) is 0 Å². The average Bonchev–Trinajstić information content (AvgIpc) is 3.34. The third kappa shape index (κ3) is 3.85. The minimum atomic E-state index is -3.58. The van der Waals surface area contributed by atoms with Crippen molar-refractivity contribution in [1.82, 2.24) is 14.3 Å². The molecule has 0 aliphatic carbocycles. The Balaban J connectivity index is 1.46. The van der Waals surface area contributed by atoms with Crippen molar-refractivity contribution < 1.29 is 12.8 Å². The molecule has 0 N–H and O–H groups in total. The number of fused-ring (bicyclic) bond motifs is 1. The van der Waals surface area contributed by atoms with Crippen molar-refractivity contribution in [3.05, 3.63) is 71.4 Å². The highest BCUT2D eigenvalue weighted by Crippen LogP contribution is 2.30. The number of aromatic nitrogens is 2. The summed E-state index contributed by atoms with van der Waals surface area (Å²) in [6, 6.07) is 16.0. The lowest BCUT2D eigenvalue weighted by molar-refractivity contribution is 0.384. The number of benzene rings is 2. The molecule has 5 rings (SSSR count). The van der Waals surface area contributed by atoms with Gasteiger partial charge >= 0.3 is 0 Å². The summed E-state index contributed by atoms with van der Waals surface area (Å²) in [5.41, 5.74) is 1.93. The Labute approximate surface area is 191 Å². The molecular weight excluding hydrogens is 448 g/mol. The second-order valence-electron chi connectivity index (χ2n) is 7.71. The van der Waals surface area contributed by atoms with Gasteiger partial charge in [-0.1, -0.05) is 23.2 Å². The average molecular weight is 469 g/mol. The zero-order valence-electron chi connectivity index (χ0n) is 17.4. The van der Waals surface area contributed by atoms with Gasteiger partial charge in [0.25, 0.3) is 0 Å². The van der Waals surface area contributed by atoms with Gasteiger partial charge < -0.3 is 9.32 Å². The van der Waals surface area contributed by atoms with Crippen LogP contribution in [0.2, 0.25) is 5.02 Å². The molecule has 32 heavy (non-hydrogen) atoms. The van der Waals surface area contributed by atoms with E-state index in [0.29, 0.717) is 42.8 Å². The number of hydrogen-bond acceptors (Lipinski definition) is 6. The third-order valence-corrected chi connectivity index (χ3v) is 7.73. The van der Waals surface area contributed by atoms with Crippen LogP contribution >= 0.6 is 11.6 Å². The highest BCUT2D eigenvalue weighted by atomic mass is 35.5. The molecule has 1 fully saturated rings. The Hall–Kier alpha value is -2.94. The summed E-state index contributed by atoms with van der Waals surface area (Å²) in [6.45, 7) is 3.78. The lowest BCUT2D eigenvalue weighted by Gasteiger charge is -2.35. The van der Waals surface area contributed by atoms with Crippen molar-refractivity contribution in [2.24, 2.45) is 0 Å². The third-order valence-electron chi connectivity index (χ3n) is 5.56. The van der Waals surface area contributed by atoms with Crippen molar-refractivity contribution >= 4 is 38.3 Å². The highest BCUT2D eigenvalue weighted by Gasteiger charge is 2.30. The predicted octanol–water partition coefficient (Wildman–Crippen LogP) is 4.36. The van der Waals surface area contributed by atoms with E-state index in [9.17, 15) is 8.42 Å². The molecule has 7 nitrogen and oxygen atoms in total. The summed E-state index contributed by atoms with van der Waals surface area (Å²) in [5, 5.41) is 1.45. The van der Waals surface area contributed by atoms with E-state index in [4.69, 9.17) is 21.0 Å². The maximum absolute atomic E-state index is 13.0. The van der Waals surface area contributed by atoms with Gasteiger partial charge in [-0.05, 0) is 55.5 Å². The largest absolute Gasteiger partial charge is 0.461 e. The van der Waals surface area contributed by atoms with Crippen LogP contribution in [-0.4, -0.2) is 48.9 Å². The molecule has 1 aliphatic heterocycles. The van der Waals surface area contributed by atoms with Crippen molar-refractivity contribution in [2.45, 2.75) is 11.8 Å². The number of rotatable bonds is 4. The summed E-state index contributed by atoms with van der Waals surface area (Å²) in [7, 11) is -3.58. The second kappa shape index (κ2) is 8.20. The molecule has 0 spiro atoms. The van der Waals surface area contributed by atoms with Gasteiger partial charge in [-0.15, -0.1) is 0 Å². The fourth-order valence-electron chi connectivity index (χ4n) is 3.88. The Morgan fingerprint density at radius 3 is 2.41 bits per heavy atom. The van der Waals surface area contributed by atoms with Gasteiger partial charge in [-0.25, -0.2) is 18.4 Å². The molecule has 1 saturated heterocycles. The van der Waals surface area contributed by atoms with Crippen molar-refractivity contribution in [2.75, 3.05) is 31.1 Å². The van der Waals surface area contributed by atoms with Gasteiger partial charge in [-0.3, -0.25) is 0 Å². The molecule has 0 radical (unpaired) electrons. The summed E-state index contributed by atoms with van der Waals surface area (Å²) in [5.74, 6) is 1.89. The first-order valence-electron chi connectivity index (χ1n) is 10.2. The van der Waals surface area contributed by atoms with E-state index in [2.05, 4.69) is 16.0 Å². The Morgan fingerprint density at radius 2 is 1.72 bits per heavy atom. The van der Waals surface area contributed by atoms with E-state index in [-0.39, 0.29) is 4.90 Å². The fraction of sp³-hybridized carbons (Fsp3) is 0.217. The molecule has 0 unspecified atom stereocenters.